The lowest BCUT2D eigenvalue weighted by molar-refractivity contribution is 0.0922. The summed E-state index contributed by atoms with van der Waals surface area (Å²) in [6.07, 6.45) is 3.51. The first-order valence-electron chi connectivity index (χ1n) is 6.54. The number of carbonyl (C=O) groups excluding carboxylic acids is 1. The minimum Gasteiger partial charge on any atom is -0.444 e. The number of halogens is 1. The van der Waals surface area contributed by atoms with Gasteiger partial charge in [0.2, 0.25) is 0 Å². The molecule has 0 radical (unpaired) electrons. The van der Waals surface area contributed by atoms with Gasteiger partial charge in [0.15, 0.2) is 10.4 Å². The third-order valence-corrected chi connectivity index (χ3v) is 4.64. The Labute approximate surface area is 139 Å². The number of carbonyl (C=O) groups is 1. The zero-order valence-corrected chi connectivity index (χ0v) is 14.1. The molecule has 3 aromatic rings. The van der Waals surface area contributed by atoms with E-state index in [-0.39, 0.29) is 11.7 Å². The maximum absolute atomic E-state index is 12.0. The summed E-state index contributed by atoms with van der Waals surface area (Å²) in [6, 6.07) is 7.16. The van der Waals surface area contributed by atoms with Gasteiger partial charge in [-0.1, -0.05) is 0 Å². The minimum absolute atomic E-state index is 0.249. The maximum atomic E-state index is 12.0. The molecule has 5 nitrogen and oxygen atoms in total. The highest BCUT2D eigenvalue weighted by atomic mass is 79.9. The van der Waals surface area contributed by atoms with Crippen molar-refractivity contribution in [3.8, 4) is 10.6 Å². The molecule has 0 unspecified atom stereocenters. The largest absolute Gasteiger partial charge is 0.444 e. The number of aryl methyl sites for hydroxylation is 1. The third-order valence-electron chi connectivity index (χ3n) is 3.01. The van der Waals surface area contributed by atoms with Crippen LogP contribution in [0.15, 0.2) is 45.7 Å². The lowest BCUT2D eigenvalue weighted by Gasteiger charge is -2.01. The molecule has 0 aliphatic rings. The van der Waals surface area contributed by atoms with Crippen molar-refractivity contribution in [2.75, 3.05) is 0 Å². The Morgan fingerprint density at radius 1 is 1.41 bits per heavy atom. The van der Waals surface area contributed by atoms with Crippen molar-refractivity contribution in [3.05, 3.63) is 57.7 Å². The third kappa shape index (κ3) is 3.26. The van der Waals surface area contributed by atoms with Crippen LogP contribution < -0.4 is 5.32 Å². The average Bonchev–Trinajstić information content (AvgIpc) is 3.12. The van der Waals surface area contributed by atoms with E-state index in [9.17, 15) is 4.79 Å². The normalized spacial score (nSPS) is 10.6. The molecule has 1 amide bonds. The van der Waals surface area contributed by atoms with Crippen molar-refractivity contribution in [1.82, 2.24) is 15.3 Å². The molecule has 3 rings (SSSR count). The van der Waals surface area contributed by atoms with E-state index < -0.39 is 0 Å². The highest BCUT2D eigenvalue weighted by Gasteiger charge is 2.13. The second-order valence-electron chi connectivity index (χ2n) is 4.56. The van der Waals surface area contributed by atoms with E-state index in [1.807, 2.05) is 19.1 Å². The maximum Gasteiger partial charge on any atom is 0.287 e. The van der Waals surface area contributed by atoms with Crippen molar-refractivity contribution in [2.24, 2.45) is 0 Å². The van der Waals surface area contributed by atoms with Gasteiger partial charge in [0, 0.05) is 22.8 Å². The number of hydrogen-bond acceptors (Lipinski definition) is 5. The molecule has 0 aliphatic heterocycles. The molecule has 1 N–H and O–H groups in total. The van der Waals surface area contributed by atoms with Crippen LogP contribution in [-0.2, 0) is 6.54 Å². The SMILES string of the molecule is Cc1nc(-c2cccnc2)sc1CNC(=O)c1ccc(Br)o1. The second kappa shape index (κ2) is 6.41. The van der Waals surface area contributed by atoms with Gasteiger partial charge in [0.05, 0.1) is 12.2 Å². The highest BCUT2D eigenvalue weighted by molar-refractivity contribution is 9.10. The Hall–Kier alpha value is -1.99. The van der Waals surface area contributed by atoms with Gasteiger partial charge < -0.3 is 9.73 Å². The molecular formula is C15H12BrN3O2S. The Balaban J connectivity index is 1.71. The van der Waals surface area contributed by atoms with Crippen LogP contribution in [0.5, 0.6) is 0 Å². The first kappa shape index (κ1) is 14.9. The fraction of sp³-hybridized carbons (Fsp3) is 0.133. The van der Waals surface area contributed by atoms with E-state index in [1.54, 1.807) is 35.9 Å². The number of thiazole rings is 1. The van der Waals surface area contributed by atoms with Crippen LogP contribution in [0.1, 0.15) is 21.1 Å². The van der Waals surface area contributed by atoms with E-state index >= 15 is 0 Å². The summed E-state index contributed by atoms with van der Waals surface area (Å²) >= 11 is 4.73. The van der Waals surface area contributed by atoms with Crippen molar-refractivity contribution in [1.29, 1.82) is 0 Å². The summed E-state index contributed by atoms with van der Waals surface area (Å²) in [7, 11) is 0. The molecule has 0 aromatic carbocycles. The summed E-state index contributed by atoms with van der Waals surface area (Å²) in [5.74, 6) is 0.0305. The fourth-order valence-electron chi connectivity index (χ4n) is 1.89. The topological polar surface area (TPSA) is 68.0 Å². The van der Waals surface area contributed by atoms with Crippen LogP contribution in [0.25, 0.3) is 10.6 Å². The Kier molecular flexibility index (Phi) is 4.35. The summed E-state index contributed by atoms with van der Waals surface area (Å²) in [5, 5.41) is 3.73. The van der Waals surface area contributed by atoms with Gasteiger partial charge in [-0.05, 0) is 47.1 Å². The highest BCUT2D eigenvalue weighted by Crippen LogP contribution is 2.27. The molecule has 0 aliphatic carbocycles. The molecular weight excluding hydrogens is 366 g/mol. The smallest absolute Gasteiger partial charge is 0.287 e. The first-order chi connectivity index (χ1) is 10.6. The lowest BCUT2D eigenvalue weighted by atomic mass is 10.3. The van der Waals surface area contributed by atoms with Gasteiger partial charge in [0.25, 0.3) is 5.91 Å². The molecule has 22 heavy (non-hydrogen) atoms. The molecule has 3 aromatic heterocycles. The lowest BCUT2D eigenvalue weighted by Crippen LogP contribution is -2.22. The average molecular weight is 378 g/mol. The van der Waals surface area contributed by atoms with Crippen LogP contribution in [0, 0.1) is 6.92 Å². The Bertz CT molecular complexity index is 798. The van der Waals surface area contributed by atoms with Gasteiger partial charge >= 0.3 is 0 Å². The van der Waals surface area contributed by atoms with Crippen molar-refractivity contribution >= 4 is 33.2 Å². The summed E-state index contributed by atoms with van der Waals surface area (Å²) in [4.78, 5) is 21.6. The van der Waals surface area contributed by atoms with Gasteiger partial charge in [-0.25, -0.2) is 4.98 Å². The second-order valence-corrected chi connectivity index (χ2v) is 6.42. The number of rotatable bonds is 4. The Morgan fingerprint density at radius 3 is 2.95 bits per heavy atom. The van der Waals surface area contributed by atoms with Crippen LogP contribution in [0.3, 0.4) is 0 Å². The van der Waals surface area contributed by atoms with Crippen LogP contribution in [0.4, 0.5) is 0 Å². The monoisotopic (exact) mass is 377 g/mol. The fourth-order valence-corrected chi connectivity index (χ4v) is 3.19. The molecule has 3 heterocycles. The quantitative estimate of drug-likeness (QED) is 0.750. The van der Waals surface area contributed by atoms with Gasteiger partial charge in [-0.3, -0.25) is 9.78 Å². The molecule has 7 heteroatoms. The number of amides is 1. The number of nitrogens with zero attached hydrogens (tertiary/aromatic N) is 2. The summed E-state index contributed by atoms with van der Waals surface area (Å²) in [5.41, 5.74) is 1.88. The number of furan rings is 1. The minimum atomic E-state index is -0.249. The molecule has 0 spiro atoms. The predicted octanol–water partition coefficient (Wildman–Crippen LogP) is 3.80. The van der Waals surface area contributed by atoms with Crippen LogP contribution in [-0.4, -0.2) is 15.9 Å². The van der Waals surface area contributed by atoms with E-state index in [0.29, 0.717) is 11.2 Å². The van der Waals surface area contributed by atoms with Crippen LogP contribution in [0.2, 0.25) is 0 Å². The number of aromatic nitrogens is 2. The van der Waals surface area contributed by atoms with Crippen molar-refractivity contribution in [3.63, 3.8) is 0 Å². The Morgan fingerprint density at radius 2 is 2.27 bits per heavy atom. The van der Waals surface area contributed by atoms with E-state index in [4.69, 9.17) is 4.42 Å². The van der Waals surface area contributed by atoms with E-state index in [1.165, 1.54) is 0 Å². The number of pyridine rings is 1. The predicted molar refractivity (Wildman–Crippen MR) is 87.7 cm³/mol. The van der Waals surface area contributed by atoms with Gasteiger partial charge in [0.1, 0.15) is 5.01 Å². The molecule has 0 fully saturated rings. The number of nitrogens with one attached hydrogen (secondary N) is 1. The van der Waals surface area contributed by atoms with Gasteiger partial charge in [-0.2, -0.15) is 0 Å². The molecule has 0 atom stereocenters. The summed E-state index contributed by atoms with van der Waals surface area (Å²) in [6.45, 7) is 2.35. The van der Waals surface area contributed by atoms with Crippen molar-refractivity contribution in [2.45, 2.75) is 13.5 Å². The molecule has 0 saturated heterocycles. The van der Waals surface area contributed by atoms with Crippen molar-refractivity contribution < 1.29 is 9.21 Å². The zero-order chi connectivity index (χ0) is 15.5. The number of hydrogen-bond donors (Lipinski definition) is 1. The van der Waals surface area contributed by atoms with Crippen LogP contribution >= 0.6 is 27.3 Å². The molecule has 0 bridgehead atoms. The molecule has 0 saturated carbocycles. The van der Waals surface area contributed by atoms with E-state index in [2.05, 4.69) is 31.2 Å². The first-order valence-corrected chi connectivity index (χ1v) is 8.14. The van der Waals surface area contributed by atoms with E-state index in [0.717, 1.165) is 21.1 Å². The standard InChI is InChI=1S/C15H12BrN3O2S/c1-9-12(8-18-14(20)11-4-5-13(16)21-11)22-15(19-9)10-3-2-6-17-7-10/h2-7H,8H2,1H3,(H,18,20). The molecule has 112 valence electrons. The zero-order valence-electron chi connectivity index (χ0n) is 11.7. The summed E-state index contributed by atoms with van der Waals surface area (Å²) < 4.78 is 5.76. The van der Waals surface area contributed by atoms with Gasteiger partial charge in [-0.15, -0.1) is 11.3 Å².